The van der Waals surface area contributed by atoms with E-state index in [0.29, 0.717) is 6.54 Å². The molecule has 0 bridgehead atoms. The van der Waals surface area contributed by atoms with Gasteiger partial charge >= 0.3 is 0 Å². The number of nitrogens with zero attached hydrogens (tertiary/aromatic N) is 1. The highest BCUT2D eigenvalue weighted by atomic mass is 79.9. The standard InChI is InChI=1S/C6H8BrNO2/c1-4(9)8-3-2-5(7)6(8)10/h5H,2-3H2,1H3. The molecule has 0 aromatic rings. The number of hydrogen-bond donors (Lipinski definition) is 0. The van der Waals surface area contributed by atoms with Crippen LogP contribution in [0.3, 0.4) is 0 Å². The molecule has 1 rings (SSSR count). The van der Waals surface area contributed by atoms with Crippen LogP contribution in [0.25, 0.3) is 0 Å². The van der Waals surface area contributed by atoms with Gasteiger partial charge < -0.3 is 0 Å². The van der Waals surface area contributed by atoms with E-state index in [9.17, 15) is 9.59 Å². The third-order valence-corrected chi connectivity index (χ3v) is 2.37. The van der Waals surface area contributed by atoms with Crippen LogP contribution < -0.4 is 0 Å². The lowest BCUT2D eigenvalue weighted by atomic mass is 10.4. The predicted molar refractivity (Wildman–Crippen MR) is 39.7 cm³/mol. The highest BCUT2D eigenvalue weighted by Crippen LogP contribution is 2.17. The topological polar surface area (TPSA) is 37.4 Å². The van der Waals surface area contributed by atoms with Gasteiger partial charge in [0.15, 0.2) is 0 Å². The van der Waals surface area contributed by atoms with E-state index in [1.165, 1.54) is 11.8 Å². The SMILES string of the molecule is CC(=O)N1CCC(Br)C1=O. The van der Waals surface area contributed by atoms with E-state index < -0.39 is 0 Å². The summed E-state index contributed by atoms with van der Waals surface area (Å²) < 4.78 is 0. The molecule has 1 heterocycles. The third kappa shape index (κ3) is 1.21. The minimum absolute atomic E-state index is 0.104. The first-order chi connectivity index (χ1) is 4.63. The second-order valence-electron chi connectivity index (χ2n) is 2.27. The number of carbonyl (C=O) groups excluding carboxylic acids is 2. The van der Waals surface area contributed by atoms with Gasteiger partial charge in [-0.1, -0.05) is 15.9 Å². The molecule has 1 aliphatic heterocycles. The van der Waals surface area contributed by atoms with Gasteiger partial charge in [0.1, 0.15) is 0 Å². The minimum Gasteiger partial charge on any atom is -0.282 e. The van der Waals surface area contributed by atoms with Gasteiger partial charge in [0.05, 0.1) is 4.83 Å². The number of carbonyl (C=O) groups is 2. The largest absolute Gasteiger partial charge is 0.282 e. The van der Waals surface area contributed by atoms with Gasteiger partial charge in [0.2, 0.25) is 11.8 Å². The molecule has 0 radical (unpaired) electrons. The van der Waals surface area contributed by atoms with E-state index in [4.69, 9.17) is 0 Å². The Bertz CT molecular complexity index is 181. The van der Waals surface area contributed by atoms with E-state index in [2.05, 4.69) is 15.9 Å². The molecular weight excluding hydrogens is 198 g/mol. The quantitative estimate of drug-likeness (QED) is 0.542. The lowest BCUT2D eigenvalue weighted by Crippen LogP contribution is -2.31. The van der Waals surface area contributed by atoms with E-state index in [-0.39, 0.29) is 16.6 Å². The summed E-state index contributed by atoms with van der Waals surface area (Å²) in [6.45, 7) is 1.97. The van der Waals surface area contributed by atoms with Crippen molar-refractivity contribution >= 4 is 27.7 Å². The van der Waals surface area contributed by atoms with Crippen molar-refractivity contribution in [2.24, 2.45) is 0 Å². The first kappa shape index (κ1) is 7.72. The van der Waals surface area contributed by atoms with Crippen molar-refractivity contribution in [2.45, 2.75) is 18.2 Å². The second-order valence-corrected chi connectivity index (χ2v) is 3.37. The molecule has 0 spiro atoms. The molecule has 0 saturated carbocycles. The van der Waals surface area contributed by atoms with Gasteiger partial charge in [-0.15, -0.1) is 0 Å². The molecule has 4 heteroatoms. The molecule has 1 unspecified atom stereocenters. The maximum atomic E-state index is 11.0. The molecule has 2 amide bonds. The molecule has 1 atom stereocenters. The Morgan fingerprint density at radius 1 is 1.80 bits per heavy atom. The fraction of sp³-hybridized carbons (Fsp3) is 0.667. The normalized spacial score (nSPS) is 25.6. The maximum Gasteiger partial charge on any atom is 0.243 e. The zero-order chi connectivity index (χ0) is 7.72. The van der Waals surface area contributed by atoms with Crippen LogP contribution >= 0.6 is 15.9 Å². The van der Waals surface area contributed by atoms with Crippen molar-refractivity contribution in [2.75, 3.05) is 6.54 Å². The van der Waals surface area contributed by atoms with Crippen molar-refractivity contribution in [1.29, 1.82) is 0 Å². The molecule has 1 saturated heterocycles. The molecule has 0 aromatic heterocycles. The summed E-state index contributed by atoms with van der Waals surface area (Å²) in [7, 11) is 0. The Kier molecular flexibility index (Phi) is 2.08. The van der Waals surface area contributed by atoms with Gasteiger partial charge in [-0.05, 0) is 6.42 Å². The molecular formula is C6H8BrNO2. The van der Waals surface area contributed by atoms with Crippen LogP contribution in [0.4, 0.5) is 0 Å². The smallest absolute Gasteiger partial charge is 0.243 e. The van der Waals surface area contributed by atoms with E-state index in [1.807, 2.05) is 0 Å². The van der Waals surface area contributed by atoms with Gasteiger partial charge in [-0.25, -0.2) is 0 Å². The fourth-order valence-corrected chi connectivity index (χ4v) is 1.41. The van der Waals surface area contributed by atoms with Gasteiger partial charge in [-0.3, -0.25) is 14.5 Å². The third-order valence-electron chi connectivity index (χ3n) is 1.52. The summed E-state index contributed by atoms with van der Waals surface area (Å²) in [6, 6.07) is 0. The number of imide groups is 1. The van der Waals surface area contributed by atoms with Gasteiger partial charge in [0, 0.05) is 13.5 Å². The Hall–Kier alpha value is -0.380. The molecule has 1 fully saturated rings. The van der Waals surface area contributed by atoms with Crippen molar-refractivity contribution < 1.29 is 9.59 Å². The van der Waals surface area contributed by atoms with E-state index in [1.54, 1.807) is 0 Å². The van der Waals surface area contributed by atoms with Crippen LogP contribution in [-0.4, -0.2) is 28.1 Å². The maximum absolute atomic E-state index is 11.0. The van der Waals surface area contributed by atoms with Crippen LogP contribution in [-0.2, 0) is 9.59 Å². The number of likely N-dealkylation sites (tertiary alicyclic amines) is 1. The highest BCUT2D eigenvalue weighted by molar-refractivity contribution is 9.10. The Morgan fingerprint density at radius 2 is 2.40 bits per heavy atom. The Balaban J connectivity index is 2.66. The monoisotopic (exact) mass is 205 g/mol. The van der Waals surface area contributed by atoms with Crippen LogP contribution in [0, 0.1) is 0 Å². The highest BCUT2D eigenvalue weighted by Gasteiger charge is 2.31. The molecule has 3 nitrogen and oxygen atoms in total. The van der Waals surface area contributed by atoms with Crippen LogP contribution in [0.15, 0.2) is 0 Å². The molecule has 56 valence electrons. The minimum atomic E-state index is -0.160. The van der Waals surface area contributed by atoms with Crippen LogP contribution in [0.1, 0.15) is 13.3 Å². The first-order valence-electron chi connectivity index (χ1n) is 3.09. The van der Waals surface area contributed by atoms with Crippen LogP contribution in [0.5, 0.6) is 0 Å². The number of rotatable bonds is 0. The summed E-state index contributed by atoms with van der Waals surface area (Å²) in [4.78, 5) is 22.8. The van der Waals surface area contributed by atoms with Crippen molar-refractivity contribution in [3.8, 4) is 0 Å². The van der Waals surface area contributed by atoms with E-state index in [0.717, 1.165) is 6.42 Å². The number of halogens is 1. The summed E-state index contributed by atoms with van der Waals surface area (Å²) in [5.41, 5.74) is 0. The lowest BCUT2D eigenvalue weighted by Gasteiger charge is -2.09. The molecule has 10 heavy (non-hydrogen) atoms. The average molecular weight is 206 g/mol. The molecule has 0 aromatic carbocycles. The summed E-state index contributed by atoms with van der Waals surface area (Å²) in [5.74, 6) is -0.264. The number of hydrogen-bond acceptors (Lipinski definition) is 2. The summed E-state index contributed by atoms with van der Waals surface area (Å²) >= 11 is 3.17. The van der Waals surface area contributed by atoms with E-state index >= 15 is 0 Å². The van der Waals surface area contributed by atoms with Crippen molar-refractivity contribution in [3.63, 3.8) is 0 Å². The first-order valence-corrected chi connectivity index (χ1v) is 4.00. The predicted octanol–water partition coefficient (Wildman–Crippen LogP) is 0.529. The molecule has 1 aliphatic rings. The van der Waals surface area contributed by atoms with Crippen molar-refractivity contribution in [3.05, 3.63) is 0 Å². The number of amides is 2. The zero-order valence-electron chi connectivity index (χ0n) is 5.63. The number of alkyl halides is 1. The van der Waals surface area contributed by atoms with Gasteiger partial charge in [-0.2, -0.15) is 0 Å². The second kappa shape index (κ2) is 2.70. The lowest BCUT2D eigenvalue weighted by molar-refractivity contribution is -0.140. The molecule has 0 N–H and O–H groups in total. The van der Waals surface area contributed by atoms with Crippen LogP contribution in [0.2, 0.25) is 0 Å². The summed E-state index contributed by atoms with van der Waals surface area (Å²) in [6.07, 6.45) is 0.735. The van der Waals surface area contributed by atoms with Gasteiger partial charge in [0.25, 0.3) is 0 Å². The average Bonchev–Trinajstić information content (AvgIpc) is 2.14. The summed E-state index contributed by atoms with van der Waals surface area (Å²) in [5, 5.41) is 0. The Labute approximate surface area is 67.5 Å². The Morgan fingerprint density at radius 3 is 2.60 bits per heavy atom. The fourth-order valence-electron chi connectivity index (χ4n) is 0.958. The van der Waals surface area contributed by atoms with Crippen molar-refractivity contribution in [1.82, 2.24) is 4.90 Å². The molecule has 0 aliphatic carbocycles. The zero-order valence-corrected chi connectivity index (χ0v) is 7.22.